The SMILES string of the molecule is CCC(C)n1nc(C)c(CC(=O)O)c1C. The van der Waals surface area contributed by atoms with Crippen LogP contribution < -0.4 is 0 Å². The fraction of sp³-hybridized carbons (Fsp3) is 0.636. The van der Waals surface area contributed by atoms with Crippen LogP contribution in [-0.4, -0.2) is 20.9 Å². The van der Waals surface area contributed by atoms with Gasteiger partial charge in [0.1, 0.15) is 0 Å². The lowest BCUT2D eigenvalue weighted by Crippen LogP contribution is -2.08. The summed E-state index contributed by atoms with van der Waals surface area (Å²) in [4.78, 5) is 10.7. The number of aryl methyl sites for hydroxylation is 1. The van der Waals surface area contributed by atoms with E-state index in [1.54, 1.807) is 0 Å². The van der Waals surface area contributed by atoms with E-state index in [1.807, 2.05) is 18.5 Å². The van der Waals surface area contributed by atoms with Gasteiger partial charge in [0, 0.05) is 17.3 Å². The lowest BCUT2D eigenvalue weighted by atomic mass is 10.1. The van der Waals surface area contributed by atoms with Gasteiger partial charge in [-0.05, 0) is 27.2 Å². The van der Waals surface area contributed by atoms with Gasteiger partial charge in [-0.1, -0.05) is 6.92 Å². The van der Waals surface area contributed by atoms with Gasteiger partial charge in [0.25, 0.3) is 0 Å². The first-order chi connectivity index (χ1) is 6.97. The summed E-state index contributed by atoms with van der Waals surface area (Å²) in [6, 6.07) is 0.325. The Balaban J connectivity index is 3.08. The van der Waals surface area contributed by atoms with Gasteiger partial charge >= 0.3 is 5.97 Å². The van der Waals surface area contributed by atoms with Crippen LogP contribution >= 0.6 is 0 Å². The van der Waals surface area contributed by atoms with Crippen molar-refractivity contribution in [3.63, 3.8) is 0 Å². The molecule has 84 valence electrons. The second-order valence-electron chi connectivity index (χ2n) is 3.92. The zero-order chi connectivity index (χ0) is 11.6. The van der Waals surface area contributed by atoms with E-state index in [0.29, 0.717) is 6.04 Å². The second kappa shape index (κ2) is 4.47. The molecule has 0 saturated carbocycles. The molecule has 0 radical (unpaired) electrons. The van der Waals surface area contributed by atoms with Gasteiger partial charge < -0.3 is 5.11 Å². The fourth-order valence-corrected chi connectivity index (χ4v) is 1.71. The van der Waals surface area contributed by atoms with Gasteiger partial charge in [0.2, 0.25) is 0 Å². The molecule has 4 heteroatoms. The van der Waals surface area contributed by atoms with Gasteiger partial charge in [-0.2, -0.15) is 5.10 Å². The molecule has 1 aromatic rings. The van der Waals surface area contributed by atoms with Crippen LogP contribution in [0.1, 0.15) is 43.3 Å². The fourth-order valence-electron chi connectivity index (χ4n) is 1.71. The molecule has 0 amide bonds. The van der Waals surface area contributed by atoms with E-state index in [-0.39, 0.29) is 6.42 Å². The first-order valence-electron chi connectivity index (χ1n) is 5.23. The Hall–Kier alpha value is -1.32. The van der Waals surface area contributed by atoms with Crippen LogP contribution in [0.2, 0.25) is 0 Å². The minimum Gasteiger partial charge on any atom is -0.481 e. The van der Waals surface area contributed by atoms with Crippen molar-refractivity contribution in [1.82, 2.24) is 9.78 Å². The van der Waals surface area contributed by atoms with Crippen LogP contribution in [0.5, 0.6) is 0 Å². The quantitative estimate of drug-likeness (QED) is 0.828. The molecular weight excluding hydrogens is 192 g/mol. The van der Waals surface area contributed by atoms with Gasteiger partial charge in [0.05, 0.1) is 12.1 Å². The summed E-state index contributed by atoms with van der Waals surface area (Å²) in [5.74, 6) is -0.801. The third-order valence-electron chi connectivity index (χ3n) is 2.81. The summed E-state index contributed by atoms with van der Waals surface area (Å²) >= 11 is 0. The predicted octanol–water partition coefficient (Wildman–Crippen LogP) is 2.10. The summed E-state index contributed by atoms with van der Waals surface area (Å²) < 4.78 is 1.92. The Labute approximate surface area is 89.9 Å². The zero-order valence-corrected chi connectivity index (χ0v) is 9.74. The molecule has 1 heterocycles. The Morgan fingerprint density at radius 1 is 1.53 bits per heavy atom. The maximum atomic E-state index is 10.7. The number of rotatable bonds is 4. The van der Waals surface area contributed by atoms with Crippen molar-refractivity contribution in [2.45, 2.75) is 46.6 Å². The third-order valence-corrected chi connectivity index (χ3v) is 2.81. The lowest BCUT2D eigenvalue weighted by molar-refractivity contribution is -0.136. The first-order valence-corrected chi connectivity index (χ1v) is 5.23. The molecule has 0 spiro atoms. The maximum absolute atomic E-state index is 10.7. The van der Waals surface area contributed by atoms with Crippen LogP contribution in [0.15, 0.2) is 0 Å². The van der Waals surface area contributed by atoms with E-state index in [0.717, 1.165) is 23.4 Å². The average Bonchev–Trinajstić information content (AvgIpc) is 2.44. The normalized spacial score (nSPS) is 12.8. The Kier molecular flexibility index (Phi) is 3.50. The highest BCUT2D eigenvalue weighted by atomic mass is 16.4. The van der Waals surface area contributed by atoms with Gasteiger partial charge in [-0.3, -0.25) is 9.48 Å². The molecule has 0 aliphatic heterocycles. The van der Waals surface area contributed by atoms with Crippen molar-refractivity contribution >= 4 is 5.97 Å². The number of carbonyl (C=O) groups is 1. The van der Waals surface area contributed by atoms with Crippen molar-refractivity contribution in [2.24, 2.45) is 0 Å². The minimum absolute atomic E-state index is 0.0636. The number of hydrogen-bond donors (Lipinski definition) is 1. The summed E-state index contributed by atoms with van der Waals surface area (Å²) in [6.07, 6.45) is 1.06. The minimum atomic E-state index is -0.801. The molecule has 4 nitrogen and oxygen atoms in total. The largest absolute Gasteiger partial charge is 0.481 e. The molecule has 0 fully saturated rings. The lowest BCUT2D eigenvalue weighted by Gasteiger charge is -2.11. The first kappa shape index (κ1) is 11.8. The van der Waals surface area contributed by atoms with Crippen molar-refractivity contribution in [1.29, 1.82) is 0 Å². The number of nitrogens with zero attached hydrogens (tertiary/aromatic N) is 2. The predicted molar refractivity (Wildman–Crippen MR) is 58.0 cm³/mol. The molecule has 1 N–H and O–H groups in total. The zero-order valence-electron chi connectivity index (χ0n) is 9.74. The summed E-state index contributed by atoms with van der Waals surface area (Å²) in [5.41, 5.74) is 2.65. The molecule has 1 rings (SSSR count). The molecular formula is C11H18N2O2. The molecule has 0 aliphatic carbocycles. The molecule has 0 bridgehead atoms. The van der Waals surface area contributed by atoms with Gasteiger partial charge in [-0.25, -0.2) is 0 Å². The van der Waals surface area contributed by atoms with E-state index < -0.39 is 5.97 Å². The van der Waals surface area contributed by atoms with Crippen LogP contribution in [0.25, 0.3) is 0 Å². The van der Waals surface area contributed by atoms with E-state index in [1.165, 1.54) is 0 Å². The van der Waals surface area contributed by atoms with Crippen molar-refractivity contribution in [3.8, 4) is 0 Å². The molecule has 1 unspecified atom stereocenters. The van der Waals surface area contributed by atoms with Crippen LogP contribution in [0.3, 0.4) is 0 Å². The third kappa shape index (κ3) is 2.37. The monoisotopic (exact) mass is 210 g/mol. The van der Waals surface area contributed by atoms with E-state index in [2.05, 4.69) is 18.9 Å². The maximum Gasteiger partial charge on any atom is 0.307 e. The molecule has 0 saturated heterocycles. The number of carboxylic acid groups (broad SMARTS) is 1. The summed E-state index contributed by atoms with van der Waals surface area (Å²) in [6.45, 7) is 7.98. The number of hydrogen-bond acceptors (Lipinski definition) is 2. The van der Waals surface area contributed by atoms with Crippen LogP contribution in [0.4, 0.5) is 0 Å². The Morgan fingerprint density at radius 2 is 2.13 bits per heavy atom. The van der Waals surface area contributed by atoms with Gasteiger partial charge in [0.15, 0.2) is 0 Å². The van der Waals surface area contributed by atoms with Crippen molar-refractivity contribution < 1.29 is 9.90 Å². The number of aromatic nitrogens is 2. The van der Waals surface area contributed by atoms with E-state index in [4.69, 9.17) is 5.11 Å². The van der Waals surface area contributed by atoms with E-state index in [9.17, 15) is 4.79 Å². The van der Waals surface area contributed by atoms with Gasteiger partial charge in [-0.15, -0.1) is 0 Å². The smallest absolute Gasteiger partial charge is 0.307 e. The highest BCUT2D eigenvalue weighted by molar-refractivity contribution is 5.70. The second-order valence-corrected chi connectivity index (χ2v) is 3.92. The van der Waals surface area contributed by atoms with Crippen LogP contribution in [-0.2, 0) is 11.2 Å². The number of carboxylic acids is 1. The molecule has 0 aliphatic rings. The van der Waals surface area contributed by atoms with E-state index >= 15 is 0 Å². The summed E-state index contributed by atoms with van der Waals surface area (Å²) in [5, 5.41) is 13.2. The Bertz CT molecular complexity index is 369. The van der Waals surface area contributed by atoms with Crippen molar-refractivity contribution in [3.05, 3.63) is 17.0 Å². The highest BCUT2D eigenvalue weighted by Gasteiger charge is 2.16. The molecule has 0 aromatic carbocycles. The summed E-state index contributed by atoms with van der Waals surface area (Å²) in [7, 11) is 0. The average molecular weight is 210 g/mol. The van der Waals surface area contributed by atoms with Crippen LogP contribution in [0, 0.1) is 13.8 Å². The number of aliphatic carboxylic acids is 1. The Morgan fingerprint density at radius 3 is 2.60 bits per heavy atom. The van der Waals surface area contributed by atoms with Crippen molar-refractivity contribution in [2.75, 3.05) is 0 Å². The molecule has 15 heavy (non-hydrogen) atoms. The highest BCUT2D eigenvalue weighted by Crippen LogP contribution is 2.19. The molecule has 1 atom stereocenters. The molecule has 1 aromatic heterocycles. The standard InChI is InChI=1S/C11H18N2O2/c1-5-7(2)13-9(4)10(6-11(14)15)8(3)12-13/h7H,5-6H2,1-4H3,(H,14,15). The topological polar surface area (TPSA) is 55.1 Å².